The lowest BCUT2D eigenvalue weighted by Crippen LogP contribution is -2.12. The topological polar surface area (TPSA) is 52.6 Å². The van der Waals surface area contributed by atoms with Crippen LogP contribution < -0.4 is 0 Å². The summed E-state index contributed by atoms with van der Waals surface area (Å²) in [4.78, 5) is 23.4. The second-order valence-electron chi connectivity index (χ2n) is 7.15. The van der Waals surface area contributed by atoms with Gasteiger partial charge in [-0.05, 0) is 24.1 Å². The van der Waals surface area contributed by atoms with Crippen LogP contribution in [-0.4, -0.2) is 25.2 Å². The fraction of sp³-hybridized carbons (Fsp3) is 0.652. The number of hydrogen-bond donors (Lipinski definition) is 0. The predicted molar refractivity (Wildman–Crippen MR) is 114 cm³/mol. The first-order chi connectivity index (χ1) is 13.6. The van der Waals surface area contributed by atoms with E-state index in [9.17, 15) is 9.59 Å². The molecular formula is C23H35ClO4. The van der Waals surface area contributed by atoms with Crippen LogP contribution in [0.5, 0.6) is 0 Å². The molecule has 0 unspecified atom stereocenters. The van der Waals surface area contributed by atoms with Crippen molar-refractivity contribution in [1.29, 1.82) is 0 Å². The van der Waals surface area contributed by atoms with E-state index in [-0.39, 0.29) is 31.4 Å². The summed E-state index contributed by atoms with van der Waals surface area (Å²) in [6.45, 7) is 2.96. The molecule has 0 bridgehead atoms. The molecular weight excluding hydrogens is 376 g/mol. The number of benzene rings is 1. The first-order valence-corrected chi connectivity index (χ1v) is 11.0. The Balaban J connectivity index is 1.93. The van der Waals surface area contributed by atoms with E-state index in [1.54, 1.807) is 6.07 Å². The van der Waals surface area contributed by atoms with Crippen molar-refractivity contribution in [3.8, 4) is 0 Å². The van der Waals surface area contributed by atoms with Gasteiger partial charge in [-0.2, -0.15) is 0 Å². The highest BCUT2D eigenvalue weighted by molar-refractivity contribution is 6.30. The fourth-order valence-corrected chi connectivity index (χ4v) is 3.14. The van der Waals surface area contributed by atoms with Gasteiger partial charge in [0, 0.05) is 11.4 Å². The van der Waals surface area contributed by atoms with Gasteiger partial charge in [-0.15, -0.1) is 0 Å². The van der Waals surface area contributed by atoms with Crippen LogP contribution in [0.3, 0.4) is 0 Å². The lowest BCUT2D eigenvalue weighted by Gasteiger charge is -2.06. The molecule has 1 aromatic rings. The summed E-state index contributed by atoms with van der Waals surface area (Å²) in [5, 5.41) is 0.665. The van der Waals surface area contributed by atoms with Crippen molar-refractivity contribution < 1.29 is 19.1 Å². The average molecular weight is 411 g/mol. The van der Waals surface area contributed by atoms with E-state index in [2.05, 4.69) is 6.92 Å². The average Bonchev–Trinajstić information content (AvgIpc) is 2.68. The summed E-state index contributed by atoms with van der Waals surface area (Å²) in [7, 11) is 0. The van der Waals surface area contributed by atoms with Gasteiger partial charge in [0.15, 0.2) is 0 Å². The monoisotopic (exact) mass is 410 g/mol. The zero-order valence-corrected chi connectivity index (χ0v) is 18.0. The van der Waals surface area contributed by atoms with Gasteiger partial charge >= 0.3 is 11.9 Å². The summed E-state index contributed by atoms with van der Waals surface area (Å²) < 4.78 is 10.3. The third-order valence-corrected chi connectivity index (χ3v) is 4.82. The molecule has 0 atom stereocenters. The molecule has 1 rings (SSSR count). The first-order valence-electron chi connectivity index (χ1n) is 10.7. The summed E-state index contributed by atoms with van der Waals surface area (Å²) in [5.41, 5.74) is 1.01. The number of carbonyl (C=O) groups is 2. The molecule has 0 aliphatic heterocycles. The molecule has 0 heterocycles. The van der Waals surface area contributed by atoms with Gasteiger partial charge in [0.05, 0.1) is 26.1 Å². The molecule has 0 saturated heterocycles. The minimum absolute atomic E-state index is 0.0616. The van der Waals surface area contributed by atoms with E-state index >= 15 is 0 Å². The maximum Gasteiger partial charge on any atom is 0.306 e. The van der Waals surface area contributed by atoms with Crippen LogP contribution in [0, 0.1) is 0 Å². The molecule has 0 spiro atoms. The summed E-state index contributed by atoms with van der Waals surface area (Å²) in [5.74, 6) is -0.701. The molecule has 0 fully saturated rings. The lowest BCUT2D eigenvalue weighted by molar-refractivity contribution is -0.150. The number of halogens is 1. The van der Waals surface area contributed by atoms with E-state index in [1.165, 1.54) is 44.9 Å². The van der Waals surface area contributed by atoms with Crippen LogP contribution in [-0.2, 0) is 25.5 Å². The zero-order valence-electron chi connectivity index (χ0n) is 17.2. The van der Waals surface area contributed by atoms with Crippen molar-refractivity contribution >= 4 is 23.5 Å². The molecule has 1 aromatic carbocycles. The summed E-state index contributed by atoms with van der Waals surface area (Å²) >= 11 is 5.91. The van der Waals surface area contributed by atoms with Crippen LogP contribution in [0.15, 0.2) is 24.3 Å². The molecule has 5 heteroatoms. The van der Waals surface area contributed by atoms with Crippen molar-refractivity contribution in [2.45, 2.75) is 84.0 Å². The fourth-order valence-electron chi connectivity index (χ4n) is 2.92. The van der Waals surface area contributed by atoms with Crippen LogP contribution in [0.1, 0.15) is 83.1 Å². The number of carbonyl (C=O) groups excluding carboxylic acids is 2. The van der Waals surface area contributed by atoms with Gasteiger partial charge in [-0.3, -0.25) is 9.59 Å². The predicted octanol–water partition coefficient (Wildman–Crippen LogP) is 6.28. The molecule has 28 heavy (non-hydrogen) atoms. The number of ether oxygens (including phenoxy) is 2. The Morgan fingerprint density at radius 3 is 2.00 bits per heavy atom. The van der Waals surface area contributed by atoms with E-state index in [1.807, 2.05) is 18.2 Å². The SMILES string of the molecule is CCCCCCCCCCCOC(=O)CCC(=O)OCCc1cccc(Cl)c1. The minimum atomic E-state index is -0.373. The van der Waals surface area contributed by atoms with Crippen molar-refractivity contribution in [2.75, 3.05) is 13.2 Å². The molecule has 158 valence electrons. The van der Waals surface area contributed by atoms with E-state index < -0.39 is 0 Å². The molecule has 0 aliphatic rings. The Bertz CT molecular complexity index is 559. The van der Waals surface area contributed by atoms with Gasteiger partial charge in [-0.1, -0.05) is 82.0 Å². The van der Waals surface area contributed by atoms with Crippen molar-refractivity contribution in [3.63, 3.8) is 0 Å². The van der Waals surface area contributed by atoms with Crippen LogP contribution >= 0.6 is 11.6 Å². The Morgan fingerprint density at radius 1 is 0.821 bits per heavy atom. The van der Waals surface area contributed by atoms with Crippen LogP contribution in [0.2, 0.25) is 5.02 Å². The van der Waals surface area contributed by atoms with Gasteiger partial charge < -0.3 is 9.47 Å². The smallest absolute Gasteiger partial charge is 0.306 e. The van der Waals surface area contributed by atoms with Gasteiger partial charge in [0.25, 0.3) is 0 Å². The number of rotatable bonds is 16. The standard InChI is InChI=1S/C23H35ClO4/c1-2-3-4-5-6-7-8-9-10-17-27-22(25)14-15-23(26)28-18-16-20-12-11-13-21(24)19-20/h11-13,19H,2-10,14-18H2,1H3. The molecule has 0 radical (unpaired) electrons. The Labute approximate surface area is 174 Å². The van der Waals surface area contributed by atoms with E-state index in [0.29, 0.717) is 18.1 Å². The van der Waals surface area contributed by atoms with Gasteiger partial charge in [-0.25, -0.2) is 0 Å². The second-order valence-corrected chi connectivity index (χ2v) is 7.59. The number of hydrogen-bond acceptors (Lipinski definition) is 4. The largest absolute Gasteiger partial charge is 0.466 e. The Hall–Kier alpha value is -1.55. The van der Waals surface area contributed by atoms with Crippen LogP contribution in [0.4, 0.5) is 0 Å². The van der Waals surface area contributed by atoms with E-state index in [0.717, 1.165) is 18.4 Å². The van der Waals surface area contributed by atoms with Crippen molar-refractivity contribution in [1.82, 2.24) is 0 Å². The second kappa shape index (κ2) is 16.4. The highest BCUT2D eigenvalue weighted by Crippen LogP contribution is 2.12. The normalized spacial score (nSPS) is 10.6. The molecule has 0 N–H and O–H groups in total. The third-order valence-electron chi connectivity index (χ3n) is 4.59. The zero-order chi connectivity index (χ0) is 20.5. The molecule has 4 nitrogen and oxygen atoms in total. The molecule has 0 aliphatic carbocycles. The summed E-state index contributed by atoms with van der Waals surface area (Å²) in [6.07, 6.45) is 11.8. The number of esters is 2. The maximum absolute atomic E-state index is 11.7. The van der Waals surface area contributed by atoms with E-state index in [4.69, 9.17) is 21.1 Å². The minimum Gasteiger partial charge on any atom is -0.466 e. The van der Waals surface area contributed by atoms with Gasteiger partial charge in [0.1, 0.15) is 0 Å². The highest BCUT2D eigenvalue weighted by atomic mass is 35.5. The lowest BCUT2D eigenvalue weighted by atomic mass is 10.1. The summed E-state index contributed by atoms with van der Waals surface area (Å²) in [6, 6.07) is 7.45. The third kappa shape index (κ3) is 13.6. The molecule has 0 saturated carbocycles. The maximum atomic E-state index is 11.7. The van der Waals surface area contributed by atoms with Crippen molar-refractivity contribution in [3.05, 3.63) is 34.9 Å². The van der Waals surface area contributed by atoms with Crippen LogP contribution in [0.25, 0.3) is 0 Å². The molecule has 0 amide bonds. The molecule has 0 aromatic heterocycles. The Kier molecular flexibility index (Phi) is 14.4. The van der Waals surface area contributed by atoms with Gasteiger partial charge in [0.2, 0.25) is 0 Å². The number of unbranched alkanes of at least 4 members (excludes halogenated alkanes) is 8. The van der Waals surface area contributed by atoms with Crippen molar-refractivity contribution in [2.24, 2.45) is 0 Å². The first kappa shape index (κ1) is 24.5. The Morgan fingerprint density at radius 2 is 1.39 bits per heavy atom. The quantitative estimate of drug-likeness (QED) is 0.237. The highest BCUT2D eigenvalue weighted by Gasteiger charge is 2.09.